The minimum atomic E-state index is 0.717. The highest BCUT2D eigenvalue weighted by atomic mass is 16.5. The fraction of sp³-hybridized carbons (Fsp3) is 0.312. The zero-order chi connectivity index (χ0) is 12.4. The minimum absolute atomic E-state index is 0.717. The number of rotatable bonds is 3. The normalized spacial score (nSPS) is 13.6. The summed E-state index contributed by atoms with van der Waals surface area (Å²) in [5.74, 6) is 0. The van der Waals surface area contributed by atoms with Crippen LogP contribution in [0.2, 0.25) is 0 Å². The molecule has 0 amide bonds. The van der Waals surface area contributed by atoms with Crippen LogP contribution < -0.4 is 0 Å². The maximum Gasteiger partial charge on any atom is 0.0742 e. The number of aryl methyl sites for hydroxylation is 1. The second-order valence-corrected chi connectivity index (χ2v) is 4.71. The molecule has 0 unspecified atom stereocenters. The summed E-state index contributed by atoms with van der Waals surface area (Å²) in [6.07, 6.45) is 1.88. The molecule has 1 aromatic carbocycles. The molecule has 0 atom stereocenters. The van der Waals surface area contributed by atoms with Crippen molar-refractivity contribution in [1.82, 2.24) is 4.98 Å². The predicted molar refractivity (Wildman–Crippen MR) is 71.4 cm³/mol. The van der Waals surface area contributed by atoms with Crippen LogP contribution in [-0.2, 0) is 30.8 Å². The molecule has 0 aliphatic carbocycles. The smallest absolute Gasteiger partial charge is 0.0742 e. The highest BCUT2D eigenvalue weighted by molar-refractivity contribution is 5.37. The number of nitrogens with zero attached hydrogens (tertiary/aromatic N) is 1. The predicted octanol–water partition coefficient (Wildman–Crippen LogP) is 3.27. The zero-order valence-electron chi connectivity index (χ0n) is 10.6. The van der Waals surface area contributed by atoms with Gasteiger partial charge in [-0.1, -0.05) is 37.3 Å². The summed E-state index contributed by atoms with van der Waals surface area (Å²) < 4.78 is 5.55. The highest BCUT2D eigenvalue weighted by Crippen LogP contribution is 2.25. The molecule has 0 saturated carbocycles. The molecule has 2 heterocycles. The third kappa shape index (κ3) is 2.16. The summed E-state index contributed by atoms with van der Waals surface area (Å²) in [4.78, 5) is 4.78. The van der Waals surface area contributed by atoms with Crippen molar-refractivity contribution in [3.8, 4) is 0 Å². The van der Waals surface area contributed by atoms with Crippen molar-refractivity contribution in [1.29, 1.82) is 0 Å². The topological polar surface area (TPSA) is 22.1 Å². The van der Waals surface area contributed by atoms with E-state index < -0.39 is 0 Å². The van der Waals surface area contributed by atoms with Crippen molar-refractivity contribution in [2.24, 2.45) is 0 Å². The first-order valence-corrected chi connectivity index (χ1v) is 6.49. The average Bonchev–Trinajstić information content (AvgIpc) is 2.88. The molecular weight excluding hydrogens is 222 g/mol. The van der Waals surface area contributed by atoms with Crippen LogP contribution in [0.4, 0.5) is 0 Å². The third-order valence-corrected chi connectivity index (χ3v) is 3.44. The van der Waals surface area contributed by atoms with E-state index in [0.717, 1.165) is 19.4 Å². The Morgan fingerprint density at radius 1 is 1.17 bits per heavy atom. The lowest BCUT2D eigenvalue weighted by atomic mass is 10.0. The van der Waals surface area contributed by atoms with Crippen LogP contribution in [0, 0.1) is 0 Å². The summed E-state index contributed by atoms with van der Waals surface area (Å²) in [5, 5.41) is 0. The number of ether oxygens (including phenoxy) is 1. The van der Waals surface area contributed by atoms with Crippen molar-refractivity contribution in [3.63, 3.8) is 0 Å². The van der Waals surface area contributed by atoms with Crippen molar-refractivity contribution in [2.45, 2.75) is 33.0 Å². The average molecular weight is 239 g/mol. The van der Waals surface area contributed by atoms with Crippen LogP contribution in [-0.4, -0.2) is 4.98 Å². The lowest BCUT2D eigenvalue weighted by molar-refractivity contribution is 0.134. The van der Waals surface area contributed by atoms with Crippen LogP contribution >= 0.6 is 0 Å². The van der Waals surface area contributed by atoms with E-state index in [4.69, 9.17) is 9.72 Å². The van der Waals surface area contributed by atoms with Crippen LogP contribution in [0.25, 0.3) is 0 Å². The van der Waals surface area contributed by atoms with Gasteiger partial charge < -0.3 is 4.74 Å². The van der Waals surface area contributed by atoms with Gasteiger partial charge in [0.15, 0.2) is 0 Å². The van der Waals surface area contributed by atoms with Crippen LogP contribution in [0.15, 0.2) is 36.4 Å². The molecule has 0 spiro atoms. The molecule has 2 heteroatoms. The van der Waals surface area contributed by atoms with Gasteiger partial charge in [-0.25, -0.2) is 0 Å². The Hall–Kier alpha value is -1.67. The quantitative estimate of drug-likeness (QED) is 0.820. The molecule has 1 aromatic heterocycles. The molecule has 0 saturated heterocycles. The summed E-state index contributed by atoms with van der Waals surface area (Å²) in [6.45, 7) is 3.61. The van der Waals surface area contributed by atoms with E-state index in [1.165, 1.54) is 28.1 Å². The number of pyridine rings is 1. The number of hydrogen-bond donors (Lipinski definition) is 0. The Kier molecular flexibility index (Phi) is 3.11. The number of hydrogen-bond acceptors (Lipinski definition) is 2. The fourth-order valence-electron chi connectivity index (χ4n) is 2.43. The SMILES string of the molecule is CCc1cc2c(c(Cc3ccccc3)n1)COC2. The van der Waals surface area contributed by atoms with Gasteiger partial charge in [-0.05, 0) is 23.6 Å². The van der Waals surface area contributed by atoms with Gasteiger partial charge in [0.2, 0.25) is 0 Å². The summed E-state index contributed by atoms with van der Waals surface area (Å²) in [7, 11) is 0. The molecular formula is C16H17NO. The van der Waals surface area contributed by atoms with Gasteiger partial charge in [0.05, 0.1) is 18.9 Å². The fourth-order valence-corrected chi connectivity index (χ4v) is 2.43. The van der Waals surface area contributed by atoms with Gasteiger partial charge >= 0.3 is 0 Å². The van der Waals surface area contributed by atoms with Gasteiger partial charge in [0, 0.05) is 17.7 Å². The van der Waals surface area contributed by atoms with E-state index in [1.54, 1.807) is 0 Å². The Morgan fingerprint density at radius 2 is 2.00 bits per heavy atom. The van der Waals surface area contributed by atoms with Crippen molar-refractivity contribution >= 4 is 0 Å². The van der Waals surface area contributed by atoms with Crippen molar-refractivity contribution in [3.05, 3.63) is 64.5 Å². The first kappa shape index (κ1) is 11.4. The standard InChI is InChI=1S/C16H17NO/c1-2-14-9-13-10-18-11-15(13)16(17-14)8-12-6-4-3-5-7-12/h3-7,9H,2,8,10-11H2,1H3. The minimum Gasteiger partial charge on any atom is -0.372 e. The second-order valence-electron chi connectivity index (χ2n) is 4.71. The summed E-state index contributed by atoms with van der Waals surface area (Å²) >= 11 is 0. The van der Waals surface area contributed by atoms with Gasteiger partial charge in [-0.2, -0.15) is 0 Å². The van der Waals surface area contributed by atoms with Gasteiger partial charge in [0.1, 0.15) is 0 Å². The van der Waals surface area contributed by atoms with E-state index in [9.17, 15) is 0 Å². The van der Waals surface area contributed by atoms with E-state index in [2.05, 4.69) is 37.3 Å². The van der Waals surface area contributed by atoms with Crippen LogP contribution in [0.1, 0.15) is 35.0 Å². The molecule has 18 heavy (non-hydrogen) atoms. The lowest BCUT2D eigenvalue weighted by Gasteiger charge is -2.09. The Labute approximate surface area is 108 Å². The molecule has 1 aliphatic rings. The summed E-state index contributed by atoms with van der Waals surface area (Å²) in [5.41, 5.74) is 6.30. The Balaban J connectivity index is 1.98. The van der Waals surface area contributed by atoms with E-state index >= 15 is 0 Å². The van der Waals surface area contributed by atoms with E-state index in [0.29, 0.717) is 6.61 Å². The molecule has 0 bridgehead atoms. The molecule has 2 aromatic rings. The molecule has 92 valence electrons. The van der Waals surface area contributed by atoms with Crippen molar-refractivity contribution in [2.75, 3.05) is 0 Å². The first-order chi connectivity index (χ1) is 8.86. The van der Waals surface area contributed by atoms with Crippen molar-refractivity contribution < 1.29 is 4.74 Å². The highest BCUT2D eigenvalue weighted by Gasteiger charge is 2.17. The van der Waals surface area contributed by atoms with Gasteiger partial charge in [-0.3, -0.25) is 4.98 Å². The monoisotopic (exact) mass is 239 g/mol. The Morgan fingerprint density at radius 3 is 2.78 bits per heavy atom. The van der Waals surface area contributed by atoms with Gasteiger partial charge in [0.25, 0.3) is 0 Å². The first-order valence-electron chi connectivity index (χ1n) is 6.49. The Bertz CT molecular complexity index is 549. The summed E-state index contributed by atoms with van der Waals surface area (Å²) in [6, 6.07) is 12.7. The third-order valence-electron chi connectivity index (χ3n) is 3.44. The molecule has 0 radical (unpaired) electrons. The molecule has 0 N–H and O–H groups in total. The van der Waals surface area contributed by atoms with Crippen LogP contribution in [0.3, 0.4) is 0 Å². The van der Waals surface area contributed by atoms with Crippen LogP contribution in [0.5, 0.6) is 0 Å². The maximum atomic E-state index is 5.55. The zero-order valence-corrected chi connectivity index (χ0v) is 10.6. The maximum absolute atomic E-state index is 5.55. The molecule has 1 aliphatic heterocycles. The lowest BCUT2D eigenvalue weighted by Crippen LogP contribution is -2.02. The second kappa shape index (κ2) is 4.91. The number of fused-ring (bicyclic) bond motifs is 1. The molecule has 2 nitrogen and oxygen atoms in total. The number of benzene rings is 1. The molecule has 3 rings (SSSR count). The molecule has 0 fully saturated rings. The number of aromatic nitrogens is 1. The van der Waals surface area contributed by atoms with E-state index in [-0.39, 0.29) is 0 Å². The van der Waals surface area contributed by atoms with Gasteiger partial charge in [-0.15, -0.1) is 0 Å². The van der Waals surface area contributed by atoms with E-state index in [1.807, 2.05) is 6.07 Å². The largest absolute Gasteiger partial charge is 0.372 e.